The van der Waals surface area contributed by atoms with Crippen LogP contribution in [-0.4, -0.2) is 36.7 Å². The molecule has 0 unspecified atom stereocenters. The number of aryl methyl sites for hydroxylation is 4. The number of imidazole rings is 2. The maximum Gasteiger partial charge on any atom is 0.328 e. The lowest BCUT2D eigenvalue weighted by atomic mass is 9.96. The minimum atomic E-state index is 0.0390. The smallest absolute Gasteiger partial charge is 0.328 e. The van der Waals surface area contributed by atoms with Crippen molar-refractivity contribution < 1.29 is 0 Å². The Hall–Kier alpha value is -2.34. The van der Waals surface area contributed by atoms with E-state index in [4.69, 9.17) is 0 Å². The van der Waals surface area contributed by atoms with Gasteiger partial charge in [-0.2, -0.15) is 0 Å². The molecule has 0 radical (unpaired) electrons. The first-order valence-electron chi connectivity index (χ1n) is 9.79. The highest BCUT2D eigenvalue weighted by Crippen LogP contribution is 2.24. The Balaban J connectivity index is 1.44. The second kappa shape index (κ2) is 7.00. The van der Waals surface area contributed by atoms with E-state index < -0.39 is 0 Å². The molecule has 0 atom stereocenters. The fourth-order valence-electron chi connectivity index (χ4n) is 4.31. The van der Waals surface area contributed by atoms with Crippen LogP contribution in [0, 0.1) is 19.8 Å². The molecule has 0 aliphatic carbocycles. The molecule has 1 aliphatic heterocycles. The largest absolute Gasteiger partial charge is 0.335 e. The van der Waals surface area contributed by atoms with Crippen molar-refractivity contribution in [3.05, 3.63) is 52.0 Å². The predicted octanol–water partition coefficient (Wildman–Crippen LogP) is 2.60. The van der Waals surface area contributed by atoms with Crippen molar-refractivity contribution >= 4 is 11.0 Å². The van der Waals surface area contributed by atoms with E-state index in [1.54, 1.807) is 9.13 Å². The van der Waals surface area contributed by atoms with E-state index in [1.807, 2.05) is 20.3 Å². The van der Waals surface area contributed by atoms with Crippen LogP contribution in [0.5, 0.6) is 0 Å². The molecule has 144 valence electrons. The van der Waals surface area contributed by atoms with Crippen molar-refractivity contribution in [1.82, 2.24) is 23.6 Å². The Kier molecular flexibility index (Phi) is 4.68. The molecule has 1 aliphatic rings. The third kappa shape index (κ3) is 3.34. The van der Waals surface area contributed by atoms with E-state index in [1.165, 1.54) is 24.0 Å². The van der Waals surface area contributed by atoms with Crippen molar-refractivity contribution in [2.75, 3.05) is 13.1 Å². The second-order valence-electron chi connectivity index (χ2n) is 8.01. The lowest BCUT2D eigenvalue weighted by molar-refractivity contribution is 0.166. The predicted molar refractivity (Wildman–Crippen MR) is 108 cm³/mol. The van der Waals surface area contributed by atoms with E-state index in [-0.39, 0.29) is 5.69 Å². The van der Waals surface area contributed by atoms with E-state index >= 15 is 0 Å². The van der Waals surface area contributed by atoms with Gasteiger partial charge in [0.2, 0.25) is 0 Å². The molecule has 2 aromatic heterocycles. The SMILES string of the molecule is Cc1cc2c(cc1CN1CCC(Cn3ccnc3C)CC1)n(C)c(=O)n2C. The summed E-state index contributed by atoms with van der Waals surface area (Å²) in [7, 11) is 3.70. The van der Waals surface area contributed by atoms with Crippen molar-refractivity contribution in [3.63, 3.8) is 0 Å². The van der Waals surface area contributed by atoms with E-state index in [9.17, 15) is 4.79 Å². The minimum Gasteiger partial charge on any atom is -0.335 e. The molecule has 0 saturated carbocycles. The third-order valence-electron chi connectivity index (χ3n) is 6.21. The van der Waals surface area contributed by atoms with Gasteiger partial charge in [0, 0.05) is 39.6 Å². The van der Waals surface area contributed by atoms with Crippen LogP contribution in [0.4, 0.5) is 0 Å². The summed E-state index contributed by atoms with van der Waals surface area (Å²) in [6, 6.07) is 4.35. The van der Waals surface area contributed by atoms with Crippen LogP contribution >= 0.6 is 0 Å². The lowest BCUT2D eigenvalue weighted by Crippen LogP contribution is -2.34. The summed E-state index contributed by atoms with van der Waals surface area (Å²) in [6.07, 6.45) is 6.43. The van der Waals surface area contributed by atoms with Gasteiger partial charge in [0.15, 0.2) is 0 Å². The number of hydrogen-bond donors (Lipinski definition) is 0. The normalized spacial score (nSPS) is 16.4. The Morgan fingerprint density at radius 2 is 1.74 bits per heavy atom. The molecule has 27 heavy (non-hydrogen) atoms. The molecule has 6 nitrogen and oxygen atoms in total. The first-order valence-corrected chi connectivity index (χ1v) is 9.79. The van der Waals surface area contributed by atoms with Crippen LogP contribution < -0.4 is 5.69 Å². The first kappa shape index (κ1) is 18.0. The molecule has 0 spiro atoms. The second-order valence-corrected chi connectivity index (χ2v) is 8.01. The van der Waals surface area contributed by atoms with Gasteiger partial charge in [0.05, 0.1) is 11.0 Å². The van der Waals surface area contributed by atoms with Crippen LogP contribution in [-0.2, 0) is 27.2 Å². The molecule has 3 aromatic rings. The fourth-order valence-corrected chi connectivity index (χ4v) is 4.31. The molecule has 0 N–H and O–H groups in total. The van der Waals surface area contributed by atoms with Crippen molar-refractivity contribution in [2.24, 2.45) is 20.0 Å². The number of hydrogen-bond acceptors (Lipinski definition) is 3. The Morgan fingerprint density at radius 1 is 1.07 bits per heavy atom. The summed E-state index contributed by atoms with van der Waals surface area (Å²) < 4.78 is 5.75. The molecule has 4 rings (SSSR count). The zero-order valence-corrected chi connectivity index (χ0v) is 16.8. The number of fused-ring (bicyclic) bond motifs is 1. The quantitative estimate of drug-likeness (QED) is 0.712. The van der Waals surface area contributed by atoms with Gasteiger partial charge in [0.1, 0.15) is 5.82 Å². The number of nitrogens with zero attached hydrogens (tertiary/aromatic N) is 5. The maximum absolute atomic E-state index is 12.2. The zero-order valence-electron chi connectivity index (χ0n) is 16.8. The molecule has 0 amide bonds. The molecular formula is C21H29N5O. The molecule has 1 aromatic carbocycles. The summed E-state index contributed by atoms with van der Waals surface area (Å²) in [6.45, 7) is 8.53. The van der Waals surface area contributed by atoms with Gasteiger partial charge < -0.3 is 4.57 Å². The van der Waals surface area contributed by atoms with Gasteiger partial charge in [-0.1, -0.05) is 0 Å². The molecule has 1 saturated heterocycles. The first-order chi connectivity index (χ1) is 12.9. The molecule has 0 bridgehead atoms. The topological polar surface area (TPSA) is 48.0 Å². The summed E-state index contributed by atoms with van der Waals surface area (Å²) in [5, 5.41) is 0. The highest BCUT2D eigenvalue weighted by atomic mass is 16.1. The summed E-state index contributed by atoms with van der Waals surface area (Å²) in [4.78, 5) is 19.1. The average molecular weight is 367 g/mol. The van der Waals surface area contributed by atoms with Gasteiger partial charge in [0.25, 0.3) is 0 Å². The van der Waals surface area contributed by atoms with Crippen LogP contribution in [0.25, 0.3) is 11.0 Å². The molecule has 6 heteroatoms. The highest BCUT2D eigenvalue weighted by Gasteiger charge is 2.21. The van der Waals surface area contributed by atoms with Gasteiger partial charge in [-0.3, -0.25) is 14.0 Å². The highest BCUT2D eigenvalue weighted by molar-refractivity contribution is 5.78. The lowest BCUT2D eigenvalue weighted by Gasteiger charge is -2.32. The number of piperidine rings is 1. The summed E-state index contributed by atoms with van der Waals surface area (Å²) in [5.41, 5.74) is 4.66. The number of benzene rings is 1. The van der Waals surface area contributed by atoms with Crippen LogP contribution in [0.3, 0.4) is 0 Å². The molecule has 3 heterocycles. The minimum absolute atomic E-state index is 0.0390. The number of aromatic nitrogens is 4. The van der Waals surface area contributed by atoms with Gasteiger partial charge in [-0.15, -0.1) is 0 Å². The third-order valence-corrected chi connectivity index (χ3v) is 6.21. The van der Waals surface area contributed by atoms with Crippen LogP contribution in [0.15, 0.2) is 29.3 Å². The van der Waals surface area contributed by atoms with E-state index in [2.05, 4.69) is 46.6 Å². The fraction of sp³-hybridized carbons (Fsp3) is 0.524. The summed E-state index contributed by atoms with van der Waals surface area (Å²) in [5.74, 6) is 1.84. The van der Waals surface area contributed by atoms with Gasteiger partial charge >= 0.3 is 5.69 Å². The van der Waals surface area contributed by atoms with Gasteiger partial charge in [-0.05, 0) is 69.0 Å². The molecule has 1 fully saturated rings. The van der Waals surface area contributed by atoms with Crippen molar-refractivity contribution in [2.45, 2.75) is 39.8 Å². The average Bonchev–Trinajstić information content (AvgIpc) is 3.15. The maximum atomic E-state index is 12.2. The number of likely N-dealkylation sites (tertiary alicyclic amines) is 1. The molecular weight excluding hydrogens is 338 g/mol. The number of rotatable bonds is 4. The van der Waals surface area contributed by atoms with E-state index in [0.717, 1.165) is 49.0 Å². The Morgan fingerprint density at radius 3 is 2.37 bits per heavy atom. The van der Waals surface area contributed by atoms with Crippen LogP contribution in [0.1, 0.15) is 29.8 Å². The van der Waals surface area contributed by atoms with Crippen molar-refractivity contribution in [3.8, 4) is 0 Å². The van der Waals surface area contributed by atoms with Gasteiger partial charge in [-0.25, -0.2) is 9.78 Å². The van der Waals surface area contributed by atoms with Crippen molar-refractivity contribution in [1.29, 1.82) is 0 Å². The standard InChI is InChI=1S/C21H29N5O/c1-15-11-19-20(24(4)21(27)23(19)3)12-18(15)14-25-8-5-17(6-9-25)13-26-10-7-22-16(26)2/h7,10-12,17H,5-6,8-9,13-14H2,1-4H3. The van der Waals surface area contributed by atoms with Crippen LogP contribution in [0.2, 0.25) is 0 Å². The zero-order chi connectivity index (χ0) is 19.1. The Bertz CT molecular complexity index is 1020. The van der Waals surface area contributed by atoms with E-state index in [0.29, 0.717) is 0 Å². The monoisotopic (exact) mass is 367 g/mol. The summed E-state index contributed by atoms with van der Waals surface area (Å²) >= 11 is 0. The Labute approximate surface area is 160 Å².